The number of ether oxygens (including phenoxy) is 2. The summed E-state index contributed by atoms with van der Waals surface area (Å²) in [5.41, 5.74) is 0.0346. The number of esters is 2. The molecule has 0 N–H and O–H groups in total. The van der Waals surface area contributed by atoms with E-state index in [1.807, 2.05) is 0 Å². The van der Waals surface area contributed by atoms with Gasteiger partial charge in [-0.05, 0) is 12.5 Å². The SMILES string of the molecule is CCOC(=O)C(F)(F)[C@@H](OC(=O)CC)c1ccccc1. The van der Waals surface area contributed by atoms with Crippen LogP contribution in [-0.4, -0.2) is 24.5 Å². The van der Waals surface area contributed by atoms with Crippen LogP contribution in [0.5, 0.6) is 0 Å². The quantitative estimate of drug-likeness (QED) is 0.755. The number of rotatable bonds is 6. The fraction of sp³-hybridized carbons (Fsp3) is 0.429. The number of carbonyl (C=O) groups excluding carboxylic acids is 2. The maximum atomic E-state index is 14.1. The highest BCUT2D eigenvalue weighted by Gasteiger charge is 2.52. The van der Waals surface area contributed by atoms with E-state index < -0.39 is 24.0 Å². The zero-order chi connectivity index (χ0) is 15.2. The van der Waals surface area contributed by atoms with Gasteiger partial charge in [0.2, 0.25) is 6.10 Å². The van der Waals surface area contributed by atoms with Crippen molar-refractivity contribution in [3.63, 3.8) is 0 Å². The van der Waals surface area contributed by atoms with Gasteiger partial charge in [0.25, 0.3) is 0 Å². The van der Waals surface area contributed by atoms with E-state index in [1.165, 1.54) is 38.1 Å². The molecule has 1 atom stereocenters. The first-order valence-corrected chi connectivity index (χ1v) is 6.22. The predicted octanol–water partition coefficient (Wildman–Crippen LogP) is 2.88. The lowest BCUT2D eigenvalue weighted by atomic mass is 10.0. The Labute approximate surface area is 115 Å². The normalized spacial score (nSPS) is 12.6. The molecule has 20 heavy (non-hydrogen) atoms. The third kappa shape index (κ3) is 3.76. The van der Waals surface area contributed by atoms with Gasteiger partial charge in [0, 0.05) is 6.42 Å². The van der Waals surface area contributed by atoms with E-state index in [-0.39, 0.29) is 18.6 Å². The van der Waals surface area contributed by atoms with Crippen LogP contribution in [0.3, 0.4) is 0 Å². The highest BCUT2D eigenvalue weighted by atomic mass is 19.3. The van der Waals surface area contributed by atoms with Crippen molar-refractivity contribution in [3.8, 4) is 0 Å². The smallest absolute Gasteiger partial charge is 0.382 e. The Morgan fingerprint density at radius 2 is 1.80 bits per heavy atom. The molecule has 0 bridgehead atoms. The minimum absolute atomic E-state index is 0.0346. The molecule has 0 aliphatic rings. The molecule has 0 spiro atoms. The number of halogens is 2. The molecule has 1 rings (SSSR count). The summed E-state index contributed by atoms with van der Waals surface area (Å²) in [5, 5.41) is 0. The van der Waals surface area contributed by atoms with Crippen LogP contribution in [0, 0.1) is 0 Å². The molecule has 6 heteroatoms. The Bertz CT molecular complexity index is 460. The summed E-state index contributed by atoms with van der Waals surface area (Å²) in [5.74, 6) is -6.47. The molecule has 1 aromatic rings. The predicted molar refractivity (Wildman–Crippen MR) is 67.1 cm³/mol. The van der Waals surface area contributed by atoms with E-state index in [4.69, 9.17) is 4.74 Å². The summed E-state index contributed by atoms with van der Waals surface area (Å²) in [6, 6.07) is 7.39. The topological polar surface area (TPSA) is 52.6 Å². The minimum Gasteiger partial charge on any atom is -0.461 e. The second kappa shape index (κ2) is 6.98. The highest BCUT2D eigenvalue weighted by molar-refractivity contribution is 5.79. The summed E-state index contributed by atoms with van der Waals surface area (Å²) in [6.45, 7) is 2.72. The van der Waals surface area contributed by atoms with Crippen molar-refractivity contribution >= 4 is 11.9 Å². The van der Waals surface area contributed by atoms with Gasteiger partial charge in [0.05, 0.1) is 6.61 Å². The Kier molecular flexibility index (Phi) is 5.61. The van der Waals surface area contributed by atoms with E-state index >= 15 is 0 Å². The molecule has 0 saturated carbocycles. The molecule has 0 aliphatic heterocycles. The van der Waals surface area contributed by atoms with Gasteiger partial charge < -0.3 is 9.47 Å². The van der Waals surface area contributed by atoms with Gasteiger partial charge in [-0.2, -0.15) is 8.78 Å². The lowest BCUT2D eigenvalue weighted by Gasteiger charge is -2.25. The lowest BCUT2D eigenvalue weighted by molar-refractivity contribution is -0.199. The minimum atomic E-state index is -3.94. The first-order valence-electron chi connectivity index (χ1n) is 6.22. The van der Waals surface area contributed by atoms with E-state index in [0.29, 0.717) is 0 Å². The number of hydrogen-bond acceptors (Lipinski definition) is 4. The maximum Gasteiger partial charge on any atom is 0.382 e. The molecule has 0 amide bonds. The Hall–Kier alpha value is -1.98. The average molecular weight is 286 g/mol. The summed E-state index contributed by atoms with van der Waals surface area (Å²) in [6.07, 6.45) is -2.06. The number of benzene rings is 1. The Balaban J connectivity index is 3.10. The van der Waals surface area contributed by atoms with Crippen LogP contribution in [-0.2, 0) is 19.1 Å². The molecular weight excluding hydrogens is 270 g/mol. The van der Waals surface area contributed by atoms with Crippen molar-refractivity contribution in [2.45, 2.75) is 32.3 Å². The molecule has 0 fully saturated rings. The van der Waals surface area contributed by atoms with E-state index in [0.717, 1.165) is 0 Å². The first-order chi connectivity index (χ1) is 9.43. The van der Waals surface area contributed by atoms with Gasteiger partial charge >= 0.3 is 17.9 Å². The van der Waals surface area contributed by atoms with Crippen LogP contribution in [0.15, 0.2) is 30.3 Å². The molecule has 4 nitrogen and oxygen atoms in total. The molecule has 0 heterocycles. The zero-order valence-corrected chi connectivity index (χ0v) is 11.3. The zero-order valence-electron chi connectivity index (χ0n) is 11.3. The lowest BCUT2D eigenvalue weighted by Crippen LogP contribution is -2.39. The Morgan fingerprint density at radius 3 is 2.30 bits per heavy atom. The van der Waals surface area contributed by atoms with Gasteiger partial charge in [-0.3, -0.25) is 4.79 Å². The second-order valence-corrected chi connectivity index (χ2v) is 3.98. The third-order valence-corrected chi connectivity index (χ3v) is 2.52. The van der Waals surface area contributed by atoms with Crippen LogP contribution in [0.1, 0.15) is 31.9 Å². The average Bonchev–Trinajstić information content (AvgIpc) is 2.45. The number of carbonyl (C=O) groups is 2. The molecule has 0 unspecified atom stereocenters. The van der Waals surface area contributed by atoms with Crippen LogP contribution < -0.4 is 0 Å². The highest BCUT2D eigenvalue weighted by Crippen LogP contribution is 2.36. The molecule has 0 aromatic heterocycles. The van der Waals surface area contributed by atoms with Crippen LogP contribution in [0.25, 0.3) is 0 Å². The van der Waals surface area contributed by atoms with Crippen molar-refractivity contribution < 1.29 is 27.8 Å². The largest absolute Gasteiger partial charge is 0.461 e. The van der Waals surface area contributed by atoms with Crippen LogP contribution in [0.4, 0.5) is 8.78 Å². The standard InChI is InChI=1S/C14H16F2O4/c1-3-11(17)20-12(10-8-6-5-7-9-10)14(15,16)13(18)19-4-2/h5-9,12H,3-4H2,1-2H3/t12-/m0/s1. The molecule has 0 aliphatic carbocycles. The molecular formula is C14H16F2O4. The van der Waals surface area contributed by atoms with Crippen molar-refractivity contribution in [3.05, 3.63) is 35.9 Å². The van der Waals surface area contributed by atoms with E-state index in [2.05, 4.69) is 4.74 Å². The Morgan fingerprint density at radius 1 is 1.20 bits per heavy atom. The van der Waals surface area contributed by atoms with Crippen molar-refractivity contribution in [2.75, 3.05) is 6.61 Å². The fourth-order valence-corrected chi connectivity index (χ4v) is 1.53. The monoisotopic (exact) mass is 286 g/mol. The van der Waals surface area contributed by atoms with Crippen molar-refractivity contribution in [1.82, 2.24) is 0 Å². The molecule has 0 saturated heterocycles. The number of hydrogen-bond donors (Lipinski definition) is 0. The van der Waals surface area contributed by atoms with E-state index in [1.54, 1.807) is 6.07 Å². The molecule has 0 radical (unpaired) electrons. The van der Waals surface area contributed by atoms with Gasteiger partial charge in [-0.15, -0.1) is 0 Å². The molecule has 1 aromatic carbocycles. The number of alkyl halides is 2. The summed E-state index contributed by atoms with van der Waals surface area (Å²) in [7, 11) is 0. The summed E-state index contributed by atoms with van der Waals surface area (Å²) >= 11 is 0. The fourth-order valence-electron chi connectivity index (χ4n) is 1.53. The summed E-state index contributed by atoms with van der Waals surface area (Å²) in [4.78, 5) is 22.7. The van der Waals surface area contributed by atoms with E-state index in [9.17, 15) is 18.4 Å². The second-order valence-electron chi connectivity index (χ2n) is 3.98. The maximum absolute atomic E-state index is 14.1. The first kappa shape index (κ1) is 16.1. The van der Waals surface area contributed by atoms with Crippen LogP contribution in [0.2, 0.25) is 0 Å². The van der Waals surface area contributed by atoms with Gasteiger partial charge in [-0.1, -0.05) is 37.3 Å². The van der Waals surface area contributed by atoms with Gasteiger partial charge in [0.1, 0.15) is 0 Å². The summed E-state index contributed by atoms with van der Waals surface area (Å²) < 4.78 is 37.3. The third-order valence-electron chi connectivity index (χ3n) is 2.52. The van der Waals surface area contributed by atoms with Crippen molar-refractivity contribution in [1.29, 1.82) is 0 Å². The van der Waals surface area contributed by atoms with Gasteiger partial charge in [-0.25, -0.2) is 4.79 Å². The van der Waals surface area contributed by atoms with Crippen LogP contribution >= 0.6 is 0 Å². The van der Waals surface area contributed by atoms with Gasteiger partial charge in [0.15, 0.2) is 0 Å². The molecule has 110 valence electrons. The van der Waals surface area contributed by atoms with Crippen molar-refractivity contribution in [2.24, 2.45) is 0 Å².